The average Bonchev–Trinajstić information content (AvgIpc) is 3.33. The highest BCUT2D eigenvalue weighted by Gasteiger charge is 2.52. The van der Waals surface area contributed by atoms with Gasteiger partial charge < -0.3 is 21.3 Å². The third-order valence-corrected chi connectivity index (χ3v) is 9.59. The highest BCUT2D eigenvalue weighted by molar-refractivity contribution is 5.85. The zero-order chi connectivity index (χ0) is 29.3. The first-order valence-corrected chi connectivity index (χ1v) is 14.9. The summed E-state index contributed by atoms with van der Waals surface area (Å²) in [5.41, 5.74) is 20.4. The number of nitrogens with two attached hydrogens (primary N) is 2. The second kappa shape index (κ2) is 9.37. The fraction of sp³-hybridized carbons (Fsp3) is 0.294. The van der Waals surface area contributed by atoms with Gasteiger partial charge in [-0.25, -0.2) is 15.0 Å². The Balaban J connectivity index is 1.17. The van der Waals surface area contributed by atoms with Crippen LogP contribution in [0.3, 0.4) is 0 Å². The van der Waals surface area contributed by atoms with Crippen molar-refractivity contribution in [2.24, 2.45) is 11.1 Å². The van der Waals surface area contributed by atoms with Crippen molar-refractivity contribution in [2.45, 2.75) is 31.7 Å². The third kappa shape index (κ3) is 4.18. The van der Waals surface area contributed by atoms with Crippen molar-refractivity contribution in [1.82, 2.24) is 24.4 Å². The fourth-order valence-corrected chi connectivity index (χ4v) is 6.93. The van der Waals surface area contributed by atoms with Crippen LogP contribution in [0.4, 0.5) is 11.5 Å². The first-order chi connectivity index (χ1) is 20.8. The monoisotopic (exact) mass is 570 g/mol. The average molecular weight is 571 g/mol. The van der Waals surface area contributed by atoms with E-state index in [1.165, 1.54) is 12.1 Å². The number of carbonyl (C=O) groups excluding carboxylic acids is 1. The number of fused-ring (bicyclic) bond motifs is 1. The largest absolute Gasteiger partial charge is 0.383 e. The van der Waals surface area contributed by atoms with E-state index in [0.29, 0.717) is 11.6 Å². The molecule has 1 aliphatic carbocycles. The number of benzene rings is 2. The van der Waals surface area contributed by atoms with E-state index < -0.39 is 0 Å². The minimum atomic E-state index is -0.232. The van der Waals surface area contributed by atoms with Gasteiger partial charge in [-0.1, -0.05) is 24.3 Å². The highest BCUT2D eigenvalue weighted by atomic mass is 16.2. The van der Waals surface area contributed by atoms with Crippen LogP contribution in [0.2, 0.25) is 0 Å². The lowest BCUT2D eigenvalue weighted by Crippen LogP contribution is -2.72. The van der Waals surface area contributed by atoms with Crippen molar-refractivity contribution < 1.29 is 4.79 Å². The van der Waals surface area contributed by atoms with E-state index in [9.17, 15) is 4.79 Å². The first-order valence-electron chi connectivity index (χ1n) is 14.9. The molecule has 0 bridgehead atoms. The minimum absolute atomic E-state index is 0.166. The molecule has 1 spiro atoms. The van der Waals surface area contributed by atoms with Crippen LogP contribution in [0, 0.1) is 5.41 Å². The van der Waals surface area contributed by atoms with Crippen molar-refractivity contribution >= 4 is 28.6 Å². The zero-order valence-electron chi connectivity index (χ0n) is 24.2. The molecule has 2 aliphatic heterocycles. The molecule has 1 saturated carbocycles. The van der Waals surface area contributed by atoms with Crippen molar-refractivity contribution in [3.8, 4) is 28.3 Å². The molecule has 9 heteroatoms. The Bertz CT molecular complexity index is 1880. The molecule has 5 aromatic rings. The number of rotatable bonds is 5. The van der Waals surface area contributed by atoms with Gasteiger partial charge in [0.2, 0.25) is 5.91 Å². The second-order valence-corrected chi connectivity index (χ2v) is 12.6. The van der Waals surface area contributed by atoms with Gasteiger partial charge >= 0.3 is 0 Å². The molecule has 2 saturated heterocycles. The van der Waals surface area contributed by atoms with Gasteiger partial charge in [-0.15, -0.1) is 0 Å². The maximum absolute atomic E-state index is 11.7. The first kappa shape index (κ1) is 25.9. The molecule has 3 aromatic heterocycles. The molecule has 1 amide bonds. The lowest BCUT2D eigenvalue weighted by molar-refractivity contribution is -0.142. The van der Waals surface area contributed by atoms with Gasteiger partial charge in [-0.2, -0.15) is 0 Å². The van der Waals surface area contributed by atoms with E-state index >= 15 is 0 Å². The summed E-state index contributed by atoms with van der Waals surface area (Å²) < 4.78 is 2.07. The Morgan fingerprint density at radius 3 is 2.37 bits per heavy atom. The number of carbonyl (C=O) groups is 1. The SMILES string of the molecule is CC(=O)N1CC2(C1)CN(c1cccc(-c3ccc4nc(-c5cccnc5N)n(-c5ccc(C6(N)CCC6)cc5)c4n3)c1)C2. The number of anilines is 2. The van der Waals surface area contributed by atoms with Gasteiger partial charge in [0.1, 0.15) is 11.3 Å². The van der Waals surface area contributed by atoms with Crippen molar-refractivity contribution in [3.63, 3.8) is 0 Å². The quantitative estimate of drug-likeness (QED) is 0.313. The van der Waals surface area contributed by atoms with Crippen LogP contribution in [-0.2, 0) is 10.3 Å². The van der Waals surface area contributed by atoms with Crippen LogP contribution in [0.5, 0.6) is 0 Å². The summed E-state index contributed by atoms with van der Waals surface area (Å²) in [4.78, 5) is 30.5. The molecular formula is C34H34N8O. The number of nitrogens with zero attached hydrogens (tertiary/aromatic N) is 6. The summed E-state index contributed by atoms with van der Waals surface area (Å²) in [5.74, 6) is 1.28. The van der Waals surface area contributed by atoms with E-state index in [1.54, 1.807) is 13.1 Å². The van der Waals surface area contributed by atoms with Crippen LogP contribution in [0.15, 0.2) is 79.0 Å². The molecule has 0 atom stereocenters. The molecule has 216 valence electrons. The van der Waals surface area contributed by atoms with E-state index in [4.69, 9.17) is 21.4 Å². The van der Waals surface area contributed by atoms with Crippen molar-refractivity contribution in [2.75, 3.05) is 36.8 Å². The van der Waals surface area contributed by atoms with Gasteiger partial charge in [0.25, 0.3) is 0 Å². The van der Waals surface area contributed by atoms with E-state index in [1.807, 2.05) is 29.2 Å². The molecule has 0 radical (unpaired) electrons. The maximum atomic E-state index is 11.7. The van der Waals surface area contributed by atoms with E-state index in [-0.39, 0.29) is 16.9 Å². The second-order valence-electron chi connectivity index (χ2n) is 12.6. The molecule has 0 unspecified atom stereocenters. The van der Waals surface area contributed by atoms with Gasteiger partial charge in [-0.3, -0.25) is 9.36 Å². The molecule has 4 N–H and O–H groups in total. The zero-order valence-corrected chi connectivity index (χ0v) is 24.2. The molecule has 2 aromatic carbocycles. The smallest absolute Gasteiger partial charge is 0.219 e. The Labute approximate surface area is 250 Å². The summed E-state index contributed by atoms with van der Waals surface area (Å²) in [6.07, 6.45) is 4.88. The Morgan fingerprint density at radius 1 is 0.884 bits per heavy atom. The van der Waals surface area contributed by atoms with Crippen molar-refractivity contribution in [1.29, 1.82) is 0 Å². The Morgan fingerprint density at radius 2 is 1.67 bits per heavy atom. The Hall–Kier alpha value is -4.76. The summed E-state index contributed by atoms with van der Waals surface area (Å²) in [6.45, 7) is 5.30. The highest BCUT2D eigenvalue weighted by Crippen LogP contribution is 2.43. The minimum Gasteiger partial charge on any atom is -0.383 e. The van der Waals surface area contributed by atoms with Gasteiger partial charge in [0.15, 0.2) is 11.5 Å². The van der Waals surface area contributed by atoms with Crippen LogP contribution < -0.4 is 16.4 Å². The molecule has 43 heavy (non-hydrogen) atoms. The number of likely N-dealkylation sites (tertiary alicyclic amines) is 1. The van der Waals surface area contributed by atoms with Gasteiger partial charge in [0, 0.05) is 67.2 Å². The third-order valence-electron chi connectivity index (χ3n) is 9.59. The number of amides is 1. The molecule has 9 nitrogen and oxygen atoms in total. The lowest BCUT2D eigenvalue weighted by Gasteiger charge is -2.60. The fourth-order valence-electron chi connectivity index (χ4n) is 6.93. The molecule has 3 fully saturated rings. The molecule has 8 rings (SSSR count). The van der Waals surface area contributed by atoms with E-state index in [2.05, 4.69) is 63.0 Å². The number of hydrogen-bond donors (Lipinski definition) is 2. The predicted molar refractivity (Wildman–Crippen MR) is 169 cm³/mol. The standard InChI is InChI=1S/C34H34N8O/c1-22(43)40-18-33(19-40)20-41(21-33)26-6-2-5-23(17-26)28-12-13-29-32(38-28)42(31(39-29)27-7-3-16-37-30(27)35)25-10-8-24(9-11-25)34(36)14-4-15-34/h2-3,5-13,16-17H,4,14-15,18-21,36H2,1H3,(H2,35,37). The normalized spacial score (nSPS) is 18.3. The summed E-state index contributed by atoms with van der Waals surface area (Å²) in [6, 6.07) is 24.9. The molecule has 3 aliphatic rings. The number of aromatic nitrogens is 4. The summed E-state index contributed by atoms with van der Waals surface area (Å²) in [5, 5.41) is 0. The van der Waals surface area contributed by atoms with Gasteiger partial charge in [0.05, 0.1) is 11.3 Å². The molecular weight excluding hydrogens is 536 g/mol. The number of nitrogen functional groups attached to an aromatic ring is 1. The van der Waals surface area contributed by atoms with Crippen molar-refractivity contribution in [3.05, 3.63) is 84.6 Å². The van der Waals surface area contributed by atoms with E-state index in [0.717, 1.165) is 78.3 Å². The predicted octanol–water partition coefficient (Wildman–Crippen LogP) is 4.74. The van der Waals surface area contributed by atoms with Gasteiger partial charge in [-0.05, 0) is 73.4 Å². The number of pyridine rings is 2. The van der Waals surface area contributed by atoms with Crippen LogP contribution in [0.1, 0.15) is 31.7 Å². The topological polar surface area (TPSA) is 119 Å². The summed E-state index contributed by atoms with van der Waals surface area (Å²) >= 11 is 0. The van der Waals surface area contributed by atoms with Crippen LogP contribution in [0.25, 0.3) is 39.5 Å². The van der Waals surface area contributed by atoms with Crippen LogP contribution >= 0.6 is 0 Å². The Kier molecular flexibility index (Phi) is 5.65. The van der Waals surface area contributed by atoms with Crippen LogP contribution in [-0.4, -0.2) is 56.5 Å². The number of imidazole rings is 1. The lowest BCUT2D eigenvalue weighted by atomic mass is 9.72. The molecule has 5 heterocycles. The number of hydrogen-bond acceptors (Lipinski definition) is 7. The maximum Gasteiger partial charge on any atom is 0.219 e. The summed E-state index contributed by atoms with van der Waals surface area (Å²) in [7, 11) is 0.